The van der Waals surface area contributed by atoms with E-state index in [2.05, 4.69) is 86.7 Å². The molecule has 0 amide bonds. The minimum Gasteiger partial charge on any atom is -0.206 e. The van der Waals surface area contributed by atoms with E-state index in [1.54, 1.807) is 6.07 Å². The largest absolute Gasteiger partial charge is 0.206 e. The van der Waals surface area contributed by atoms with Crippen molar-refractivity contribution in [3.8, 4) is 0 Å². The van der Waals surface area contributed by atoms with Crippen LogP contribution in [0, 0.1) is 17.7 Å². The first kappa shape index (κ1) is 27.1. The monoisotopic (exact) mass is 494 g/mol. The summed E-state index contributed by atoms with van der Waals surface area (Å²) in [5.74, 6) is 2.08. The van der Waals surface area contributed by atoms with E-state index >= 15 is 0 Å². The van der Waals surface area contributed by atoms with Crippen LogP contribution in [-0.4, -0.2) is 0 Å². The Kier molecular flexibility index (Phi) is 10.4. The highest BCUT2D eigenvalue weighted by Crippen LogP contribution is 2.34. The Bertz CT molecular complexity index is 1130. The molecule has 0 aromatic heterocycles. The smallest absolute Gasteiger partial charge is 0.130 e. The summed E-state index contributed by atoms with van der Waals surface area (Å²) >= 11 is 0. The third-order valence-electron chi connectivity index (χ3n) is 8.20. The molecule has 0 N–H and O–H groups in total. The molecule has 1 saturated carbocycles. The van der Waals surface area contributed by atoms with Crippen LogP contribution in [0.1, 0.15) is 92.5 Å². The van der Waals surface area contributed by atoms with Gasteiger partial charge in [-0.1, -0.05) is 124 Å². The van der Waals surface area contributed by atoms with Gasteiger partial charge in [-0.3, -0.25) is 0 Å². The van der Waals surface area contributed by atoms with Crippen LogP contribution < -0.4 is 0 Å². The molecule has 3 aromatic carbocycles. The maximum absolute atomic E-state index is 14.8. The third kappa shape index (κ3) is 8.56. The average molecular weight is 495 g/mol. The van der Waals surface area contributed by atoms with E-state index in [9.17, 15) is 4.39 Å². The zero-order valence-corrected chi connectivity index (χ0v) is 22.7. The number of benzene rings is 3. The van der Waals surface area contributed by atoms with Crippen LogP contribution in [0.25, 0.3) is 12.2 Å². The van der Waals surface area contributed by atoms with Crippen LogP contribution in [-0.2, 0) is 12.8 Å². The summed E-state index contributed by atoms with van der Waals surface area (Å²) in [7, 11) is 0. The quantitative estimate of drug-likeness (QED) is 0.184. The minimum atomic E-state index is -0.116. The molecule has 0 spiro atoms. The number of hydrogen-bond donors (Lipinski definition) is 0. The van der Waals surface area contributed by atoms with Gasteiger partial charge in [-0.15, -0.1) is 0 Å². The first-order chi connectivity index (χ1) is 18.1. The molecule has 1 fully saturated rings. The van der Waals surface area contributed by atoms with Crippen molar-refractivity contribution < 1.29 is 4.39 Å². The fourth-order valence-electron chi connectivity index (χ4n) is 5.74. The molecule has 0 aliphatic heterocycles. The van der Waals surface area contributed by atoms with Gasteiger partial charge in [0.25, 0.3) is 0 Å². The average Bonchev–Trinajstić information content (AvgIpc) is 2.93. The summed E-state index contributed by atoms with van der Waals surface area (Å²) in [6.07, 6.45) is 19.5. The van der Waals surface area contributed by atoms with E-state index in [4.69, 9.17) is 0 Å². The van der Waals surface area contributed by atoms with E-state index in [-0.39, 0.29) is 5.82 Å². The Morgan fingerprint density at radius 1 is 0.811 bits per heavy atom. The fraction of sp³-hybridized carbons (Fsp3) is 0.389. The van der Waals surface area contributed by atoms with E-state index < -0.39 is 0 Å². The van der Waals surface area contributed by atoms with E-state index in [0.717, 1.165) is 35.8 Å². The lowest BCUT2D eigenvalue weighted by Crippen LogP contribution is -2.15. The number of aryl methyl sites for hydroxylation is 1. The number of allylic oxidation sites excluding steroid dienone is 2. The predicted molar refractivity (Wildman–Crippen MR) is 158 cm³/mol. The molecule has 3 aromatic rings. The van der Waals surface area contributed by atoms with E-state index in [0.29, 0.717) is 11.5 Å². The van der Waals surface area contributed by atoms with Gasteiger partial charge in [0.05, 0.1) is 0 Å². The number of hydrogen-bond acceptors (Lipinski definition) is 0. The standard InChI is InChI=1S/C36H43F/c1-3-4-6-9-29-12-14-30(15-13-29)18-21-33-23-25-35(36(37)27-33)24-22-31-16-19-32(20-17-31)26-28(2)34-10-7-5-8-11-34/h3-5,7-8,10-11,16-17,19-20,22-25,27-30H,6,9,12-15,18,21,26H2,1-2H3/b4-3+,24-22?/t28-,29?,30?/m1/s1. The Labute approximate surface area is 224 Å². The molecule has 1 aliphatic rings. The molecule has 0 unspecified atom stereocenters. The lowest BCUT2D eigenvalue weighted by molar-refractivity contribution is 0.254. The Balaban J connectivity index is 1.24. The molecule has 194 valence electrons. The molecular formula is C36H43F. The van der Waals surface area contributed by atoms with Crippen molar-refractivity contribution in [1.29, 1.82) is 0 Å². The van der Waals surface area contributed by atoms with Crippen LogP contribution >= 0.6 is 0 Å². The molecule has 0 saturated heterocycles. The molecule has 0 bridgehead atoms. The molecule has 0 radical (unpaired) electrons. The van der Waals surface area contributed by atoms with E-state index in [1.165, 1.54) is 56.1 Å². The van der Waals surface area contributed by atoms with Crippen molar-refractivity contribution in [2.45, 2.75) is 77.6 Å². The van der Waals surface area contributed by atoms with Crippen molar-refractivity contribution in [2.75, 3.05) is 0 Å². The Hall–Kier alpha value is -2.93. The van der Waals surface area contributed by atoms with E-state index in [1.807, 2.05) is 18.2 Å². The van der Waals surface area contributed by atoms with Gasteiger partial charge >= 0.3 is 0 Å². The zero-order valence-electron chi connectivity index (χ0n) is 22.7. The van der Waals surface area contributed by atoms with Crippen LogP contribution in [0.3, 0.4) is 0 Å². The number of rotatable bonds is 11. The maximum Gasteiger partial charge on any atom is 0.130 e. The van der Waals surface area contributed by atoms with Gasteiger partial charge in [0.2, 0.25) is 0 Å². The predicted octanol–water partition coefficient (Wildman–Crippen LogP) is 10.4. The summed E-state index contributed by atoms with van der Waals surface area (Å²) < 4.78 is 14.8. The van der Waals surface area contributed by atoms with Crippen molar-refractivity contribution in [3.05, 3.63) is 119 Å². The van der Waals surface area contributed by atoms with Gasteiger partial charge in [0.15, 0.2) is 0 Å². The second kappa shape index (κ2) is 14.1. The zero-order chi connectivity index (χ0) is 25.9. The summed E-state index contributed by atoms with van der Waals surface area (Å²) in [6.45, 7) is 4.38. The summed E-state index contributed by atoms with van der Waals surface area (Å²) in [6, 6.07) is 25.1. The van der Waals surface area contributed by atoms with Crippen LogP contribution in [0.15, 0.2) is 84.9 Å². The van der Waals surface area contributed by atoms with Gasteiger partial charge in [0.1, 0.15) is 5.82 Å². The molecule has 4 rings (SSSR count). The molecular weight excluding hydrogens is 451 g/mol. The van der Waals surface area contributed by atoms with Gasteiger partial charge < -0.3 is 0 Å². The summed E-state index contributed by atoms with van der Waals surface area (Å²) in [4.78, 5) is 0. The SMILES string of the molecule is C/C=C/CCC1CCC(CCc2ccc(C=Cc3ccc(C[C@@H](C)c4ccccc4)cc3)c(F)c2)CC1. The normalized spacial score (nSPS) is 19.0. The number of halogens is 1. The van der Waals surface area contributed by atoms with Gasteiger partial charge in [-0.05, 0) is 85.1 Å². The Morgan fingerprint density at radius 3 is 2.16 bits per heavy atom. The van der Waals surface area contributed by atoms with Crippen molar-refractivity contribution >= 4 is 12.2 Å². The summed E-state index contributed by atoms with van der Waals surface area (Å²) in [5, 5.41) is 0. The first-order valence-corrected chi connectivity index (χ1v) is 14.3. The maximum atomic E-state index is 14.8. The second-order valence-electron chi connectivity index (χ2n) is 11.0. The third-order valence-corrected chi connectivity index (χ3v) is 8.20. The van der Waals surface area contributed by atoms with Gasteiger partial charge in [-0.25, -0.2) is 4.39 Å². The first-order valence-electron chi connectivity index (χ1n) is 14.3. The minimum absolute atomic E-state index is 0.116. The topological polar surface area (TPSA) is 0 Å². The molecule has 1 aliphatic carbocycles. The van der Waals surface area contributed by atoms with Crippen LogP contribution in [0.2, 0.25) is 0 Å². The van der Waals surface area contributed by atoms with Gasteiger partial charge in [0, 0.05) is 5.56 Å². The van der Waals surface area contributed by atoms with Crippen molar-refractivity contribution in [3.63, 3.8) is 0 Å². The fourth-order valence-corrected chi connectivity index (χ4v) is 5.74. The highest BCUT2D eigenvalue weighted by molar-refractivity contribution is 5.70. The highest BCUT2D eigenvalue weighted by Gasteiger charge is 2.20. The molecule has 1 atom stereocenters. The lowest BCUT2D eigenvalue weighted by Gasteiger charge is -2.28. The molecule has 0 nitrogen and oxygen atoms in total. The highest BCUT2D eigenvalue weighted by atomic mass is 19.1. The van der Waals surface area contributed by atoms with Crippen LogP contribution in [0.4, 0.5) is 4.39 Å². The lowest BCUT2D eigenvalue weighted by atomic mass is 9.78. The van der Waals surface area contributed by atoms with Crippen molar-refractivity contribution in [1.82, 2.24) is 0 Å². The van der Waals surface area contributed by atoms with Crippen LogP contribution in [0.5, 0.6) is 0 Å². The molecule has 1 heteroatoms. The molecule has 37 heavy (non-hydrogen) atoms. The van der Waals surface area contributed by atoms with Gasteiger partial charge in [-0.2, -0.15) is 0 Å². The van der Waals surface area contributed by atoms with Crippen molar-refractivity contribution in [2.24, 2.45) is 11.8 Å². The second-order valence-corrected chi connectivity index (χ2v) is 11.0. The summed E-state index contributed by atoms with van der Waals surface area (Å²) in [5.41, 5.74) is 5.58. The Morgan fingerprint density at radius 2 is 1.49 bits per heavy atom. The molecule has 0 heterocycles.